The molecule has 1 saturated heterocycles. The van der Waals surface area contributed by atoms with Gasteiger partial charge >= 0.3 is 12.0 Å². The first-order valence-corrected chi connectivity index (χ1v) is 7.52. The number of urea groups is 1. The van der Waals surface area contributed by atoms with Crippen molar-refractivity contribution >= 4 is 12.0 Å². The van der Waals surface area contributed by atoms with E-state index in [-0.39, 0.29) is 24.5 Å². The van der Waals surface area contributed by atoms with Crippen LogP contribution in [0.25, 0.3) is 0 Å². The molecule has 116 valence electrons. The van der Waals surface area contributed by atoms with Gasteiger partial charge in [-0.15, -0.1) is 0 Å². The fraction of sp³-hybridized carbons (Fsp3) is 0.857. The van der Waals surface area contributed by atoms with Gasteiger partial charge < -0.3 is 20.6 Å². The first kappa shape index (κ1) is 16.8. The summed E-state index contributed by atoms with van der Waals surface area (Å²) in [6.45, 7) is 7.01. The lowest BCUT2D eigenvalue weighted by atomic mass is 10.1. The minimum Gasteiger partial charge on any atom is -0.481 e. The Morgan fingerprint density at radius 2 is 1.90 bits per heavy atom. The molecule has 0 bridgehead atoms. The predicted molar refractivity (Wildman–Crippen MR) is 77.8 cm³/mol. The van der Waals surface area contributed by atoms with E-state index >= 15 is 0 Å². The highest BCUT2D eigenvalue weighted by atomic mass is 16.4. The van der Waals surface area contributed by atoms with Gasteiger partial charge in [0.2, 0.25) is 0 Å². The van der Waals surface area contributed by atoms with Crippen molar-refractivity contribution in [1.82, 2.24) is 15.5 Å². The number of carbonyl (C=O) groups is 2. The summed E-state index contributed by atoms with van der Waals surface area (Å²) in [5.74, 6) is -0.881. The van der Waals surface area contributed by atoms with Crippen LogP contribution in [0.3, 0.4) is 0 Å². The Labute approximate surface area is 120 Å². The maximum absolute atomic E-state index is 11.9. The molecule has 2 unspecified atom stereocenters. The third-order valence-electron chi connectivity index (χ3n) is 3.50. The van der Waals surface area contributed by atoms with E-state index in [4.69, 9.17) is 5.11 Å². The van der Waals surface area contributed by atoms with Crippen LogP contribution in [0.5, 0.6) is 0 Å². The Balaban J connectivity index is 2.29. The zero-order valence-electron chi connectivity index (χ0n) is 12.5. The molecule has 20 heavy (non-hydrogen) atoms. The Hall–Kier alpha value is -1.30. The summed E-state index contributed by atoms with van der Waals surface area (Å²) in [6, 6.07) is -0.493. The van der Waals surface area contributed by atoms with Gasteiger partial charge in [0.1, 0.15) is 0 Å². The van der Waals surface area contributed by atoms with Gasteiger partial charge in [0, 0.05) is 18.6 Å². The van der Waals surface area contributed by atoms with E-state index in [9.17, 15) is 9.59 Å². The van der Waals surface area contributed by atoms with E-state index < -0.39 is 5.97 Å². The number of hydrogen-bond donors (Lipinski definition) is 3. The monoisotopic (exact) mass is 285 g/mol. The van der Waals surface area contributed by atoms with Gasteiger partial charge in [-0.25, -0.2) is 4.79 Å². The molecule has 0 aromatic rings. The van der Waals surface area contributed by atoms with Crippen LogP contribution in [0.2, 0.25) is 0 Å². The molecule has 0 spiro atoms. The Bertz CT molecular complexity index is 317. The van der Waals surface area contributed by atoms with Gasteiger partial charge in [0.05, 0.1) is 6.42 Å². The first-order valence-electron chi connectivity index (χ1n) is 7.52. The number of carbonyl (C=O) groups excluding carboxylic acids is 1. The molecule has 1 aliphatic heterocycles. The largest absolute Gasteiger partial charge is 0.481 e. The van der Waals surface area contributed by atoms with Crippen molar-refractivity contribution < 1.29 is 14.7 Å². The van der Waals surface area contributed by atoms with Crippen molar-refractivity contribution in [2.45, 2.75) is 58.0 Å². The molecule has 6 heteroatoms. The molecule has 0 aromatic heterocycles. The van der Waals surface area contributed by atoms with Crippen molar-refractivity contribution in [3.05, 3.63) is 0 Å². The molecule has 0 aliphatic carbocycles. The third kappa shape index (κ3) is 6.75. The Kier molecular flexibility index (Phi) is 7.36. The number of carboxylic acid groups (broad SMARTS) is 1. The van der Waals surface area contributed by atoms with Crippen LogP contribution >= 0.6 is 0 Å². The second-order valence-electron chi connectivity index (χ2n) is 5.61. The second kappa shape index (κ2) is 8.79. The molecule has 2 atom stereocenters. The Morgan fingerprint density at radius 3 is 2.45 bits per heavy atom. The van der Waals surface area contributed by atoms with Gasteiger partial charge in [-0.3, -0.25) is 4.79 Å². The van der Waals surface area contributed by atoms with E-state index in [1.807, 2.05) is 13.8 Å². The van der Waals surface area contributed by atoms with Crippen LogP contribution in [0.15, 0.2) is 0 Å². The zero-order valence-corrected chi connectivity index (χ0v) is 12.5. The average Bonchev–Trinajstić information content (AvgIpc) is 2.80. The standard InChI is InChI=1S/C14H27N3O3/c1-3-6-12(9-13(18)19)16-14(20)15-11(2)10-17-7-4-5-8-17/h11-12H,3-10H2,1-2H3,(H,18,19)(H2,15,16,20). The summed E-state index contributed by atoms with van der Waals surface area (Å²) in [4.78, 5) is 24.9. The van der Waals surface area contributed by atoms with Crippen LogP contribution in [0, 0.1) is 0 Å². The fourth-order valence-corrected chi connectivity index (χ4v) is 2.63. The molecule has 1 fully saturated rings. The summed E-state index contributed by atoms with van der Waals surface area (Å²) in [5.41, 5.74) is 0. The summed E-state index contributed by atoms with van der Waals surface area (Å²) in [7, 11) is 0. The lowest BCUT2D eigenvalue weighted by Crippen LogP contribution is -2.49. The fourth-order valence-electron chi connectivity index (χ4n) is 2.63. The highest BCUT2D eigenvalue weighted by Crippen LogP contribution is 2.07. The number of carboxylic acids is 1. The first-order chi connectivity index (χ1) is 9.51. The molecule has 2 amide bonds. The number of nitrogens with one attached hydrogen (secondary N) is 2. The molecule has 0 saturated carbocycles. The number of rotatable bonds is 8. The number of likely N-dealkylation sites (tertiary alicyclic amines) is 1. The molecule has 6 nitrogen and oxygen atoms in total. The number of hydrogen-bond acceptors (Lipinski definition) is 3. The second-order valence-corrected chi connectivity index (χ2v) is 5.61. The number of aliphatic carboxylic acids is 1. The van der Waals surface area contributed by atoms with E-state index in [1.54, 1.807) is 0 Å². The maximum atomic E-state index is 11.9. The Morgan fingerprint density at radius 1 is 1.25 bits per heavy atom. The lowest BCUT2D eigenvalue weighted by Gasteiger charge is -2.23. The predicted octanol–water partition coefficient (Wildman–Crippen LogP) is 1.41. The highest BCUT2D eigenvalue weighted by Gasteiger charge is 2.18. The topological polar surface area (TPSA) is 81.7 Å². The normalized spacial score (nSPS) is 18.5. The molecule has 1 rings (SSSR count). The number of nitrogens with zero attached hydrogens (tertiary/aromatic N) is 1. The number of amides is 2. The van der Waals surface area contributed by atoms with E-state index in [0.717, 1.165) is 26.1 Å². The summed E-state index contributed by atoms with van der Waals surface area (Å²) in [5, 5.41) is 14.5. The van der Waals surface area contributed by atoms with E-state index in [1.165, 1.54) is 12.8 Å². The third-order valence-corrected chi connectivity index (χ3v) is 3.50. The van der Waals surface area contributed by atoms with Gasteiger partial charge in [-0.05, 0) is 39.3 Å². The molecule has 1 aliphatic rings. The minimum absolute atomic E-state index is 0.0260. The van der Waals surface area contributed by atoms with Crippen molar-refractivity contribution in [3.63, 3.8) is 0 Å². The van der Waals surface area contributed by atoms with Crippen molar-refractivity contribution in [3.8, 4) is 0 Å². The quantitative estimate of drug-likeness (QED) is 0.630. The van der Waals surface area contributed by atoms with Crippen LogP contribution in [-0.2, 0) is 4.79 Å². The van der Waals surface area contributed by atoms with Crippen LogP contribution in [0.4, 0.5) is 4.79 Å². The SMILES string of the molecule is CCCC(CC(=O)O)NC(=O)NC(C)CN1CCCC1. The summed E-state index contributed by atoms with van der Waals surface area (Å²) < 4.78 is 0. The van der Waals surface area contributed by atoms with Gasteiger partial charge in [0.25, 0.3) is 0 Å². The van der Waals surface area contributed by atoms with Gasteiger partial charge in [-0.1, -0.05) is 13.3 Å². The van der Waals surface area contributed by atoms with Crippen LogP contribution in [-0.4, -0.2) is 53.7 Å². The van der Waals surface area contributed by atoms with Crippen LogP contribution < -0.4 is 10.6 Å². The molecular weight excluding hydrogens is 258 g/mol. The zero-order chi connectivity index (χ0) is 15.0. The summed E-state index contributed by atoms with van der Waals surface area (Å²) in [6.07, 6.45) is 3.97. The molecule has 3 N–H and O–H groups in total. The molecule has 0 radical (unpaired) electrons. The van der Waals surface area contributed by atoms with Crippen molar-refractivity contribution in [1.29, 1.82) is 0 Å². The van der Waals surface area contributed by atoms with E-state index in [2.05, 4.69) is 15.5 Å². The average molecular weight is 285 g/mol. The molecule has 1 heterocycles. The molecular formula is C14H27N3O3. The van der Waals surface area contributed by atoms with Crippen molar-refractivity contribution in [2.75, 3.05) is 19.6 Å². The maximum Gasteiger partial charge on any atom is 0.315 e. The lowest BCUT2D eigenvalue weighted by molar-refractivity contribution is -0.137. The minimum atomic E-state index is -0.881. The van der Waals surface area contributed by atoms with Gasteiger partial charge in [-0.2, -0.15) is 0 Å². The van der Waals surface area contributed by atoms with Crippen molar-refractivity contribution in [2.24, 2.45) is 0 Å². The van der Waals surface area contributed by atoms with Crippen LogP contribution in [0.1, 0.15) is 46.0 Å². The summed E-state index contributed by atoms with van der Waals surface area (Å²) >= 11 is 0. The van der Waals surface area contributed by atoms with E-state index in [0.29, 0.717) is 6.42 Å². The molecule has 0 aromatic carbocycles. The van der Waals surface area contributed by atoms with Gasteiger partial charge in [0.15, 0.2) is 0 Å². The highest BCUT2D eigenvalue weighted by molar-refractivity contribution is 5.76. The smallest absolute Gasteiger partial charge is 0.315 e.